The van der Waals surface area contributed by atoms with Crippen LogP contribution in [-0.2, 0) is 4.79 Å². The normalized spacial score (nSPS) is 15.0. The Hall–Kier alpha value is -2.82. The van der Waals surface area contributed by atoms with Crippen LogP contribution in [0.15, 0.2) is 48.5 Å². The number of carbonyl (C=O) groups is 2. The molecule has 1 saturated heterocycles. The summed E-state index contributed by atoms with van der Waals surface area (Å²) in [6.45, 7) is 2.90. The van der Waals surface area contributed by atoms with Gasteiger partial charge in [-0.05, 0) is 60.7 Å². The summed E-state index contributed by atoms with van der Waals surface area (Å²) in [5.41, 5.74) is 2.54. The zero-order valence-corrected chi connectivity index (χ0v) is 14.2. The molecule has 0 saturated carbocycles. The monoisotopic (exact) mass is 338 g/mol. The predicted molar refractivity (Wildman–Crippen MR) is 96.7 cm³/mol. The highest BCUT2D eigenvalue weighted by Gasteiger charge is 2.24. The Bertz CT molecular complexity index is 746. The Morgan fingerprint density at radius 3 is 2.16 bits per heavy atom. The van der Waals surface area contributed by atoms with Crippen LogP contribution in [0.4, 0.5) is 5.69 Å². The molecule has 0 spiro atoms. The van der Waals surface area contributed by atoms with Gasteiger partial charge < -0.3 is 15.3 Å². The van der Waals surface area contributed by atoms with Crippen LogP contribution >= 0.6 is 0 Å². The molecule has 1 aliphatic heterocycles. The largest absolute Gasteiger partial charge is 0.508 e. The zero-order valence-electron chi connectivity index (χ0n) is 14.2. The number of rotatable bonds is 3. The zero-order chi connectivity index (χ0) is 17.8. The molecule has 0 aliphatic carbocycles. The van der Waals surface area contributed by atoms with Crippen LogP contribution in [-0.4, -0.2) is 34.9 Å². The van der Waals surface area contributed by atoms with Crippen molar-refractivity contribution < 1.29 is 14.7 Å². The lowest BCUT2D eigenvalue weighted by atomic mass is 9.89. The molecule has 1 heterocycles. The molecule has 130 valence electrons. The van der Waals surface area contributed by atoms with E-state index in [0.29, 0.717) is 17.2 Å². The van der Waals surface area contributed by atoms with Gasteiger partial charge in [-0.2, -0.15) is 0 Å². The first-order chi connectivity index (χ1) is 12.0. The molecule has 5 heteroatoms. The summed E-state index contributed by atoms with van der Waals surface area (Å²) in [6.07, 6.45) is 1.83. The molecule has 0 atom stereocenters. The number of carbonyl (C=O) groups excluding carboxylic acids is 2. The van der Waals surface area contributed by atoms with E-state index in [4.69, 9.17) is 0 Å². The molecule has 1 fully saturated rings. The fourth-order valence-corrected chi connectivity index (χ4v) is 3.24. The first kappa shape index (κ1) is 17.0. The highest BCUT2D eigenvalue weighted by atomic mass is 16.3. The lowest BCUT2D eigenvalue weighted by molar-refractivity contribution is -0.114. The van der Waals surface area contributed by atoms with Gasteiger partial charge in [-0.25, -0.2) is 0 Å². The van der Waals surface area contributed by atoms with Gasteiger partial charge in [0.1, 0.15) is 5.75 Å². The van der Waals surface area contributed by atoms with Gasteiger partial charge in [-0.3, -0.25) is 9.59 Å². The Morgan fingerprint density at radius 2 is 1.60 bits per heavy atom. The number of nitrogens with zero attached hydrogens (tertiary/aromatic N) is 1. The first-order valence-corrected chi connectivity index (χ1v) is 8.49. The molecule has 3 rings (SSSR count). The van der Waals surface area contributed by atoms with Crippen LogP contribution in [0.25, 0.3) is 0 Å². The smallest absolute Gasteiger partial charge is 0.253 e. The van der Waals surface area contributed by atoms with E-state index in [1.807, 2.05) is 17.0 Å². The molecule has 0 bridgehead atoms. The van der Waals surface area contributed by atoms with Gasteiger partial charge >= 0.3 is 0 Å². The maximum absolute atomic E-state index is 12.6. The summed E-state index contributed by atoms with van der Waals surface area (Å²) in [7, 11) is 0. The van der Waals surface area contributed by atoms with E-state index in [0.717, 1.165) is 25.9 Å². The molecule has 2 amide bonds. The molecular formula is C20H22N2O3. The number of phenolic OH excluding ortho intramolecular Hbond substituents is 1. The summed E-state index contributed by atoms with van der Waals surface area (Å²) < 4.78 is 0. The number of aromatic hydroxyl groups is 1. The van der Waals surface area contributed by atoms with Gasteiger partial charge in [0.25, 0.3) is 5.91 Å². The Kier molecular flexibility index (Phi) is 5.03. The number of hydrogen-bond donors (Lipinski definition) is 2. The van der Waals surface area contributed by atoms with Gasteiger partial charge in [-0.1, -0.05) is 12.1 Å². The topological polar surface area (TPSA) is 69.6 Å². The van der Waals surface area contributed by atoms with Gasteiger partial charge in [0.05, 0.1) is 0 Å². The fourth-order valence-electron chi connectivity index (χ4n) is 3.24. The summed E-state index contributed by atoms with van der Waals surface area (Å²) in [4.78, 5) is 25.6. The third-order valence-corrected chi connectivity index (χ3v) is 4.60. The van der Waals surface area contributed by atoms with Crippen molar-refractivity contribution in [3.05, 3.63) is 59.7 Å². The summed E-state index contributed by atoms with van der Waals surface area (Å²) in [5, 5.41) is 12.1. The number of anilines is 1. The van der Waals surface area contributed by atoms with E-state index in [-0.39, 0.29) is 17.6 Å². The summed E-state index contributed by atoms with van der Waals surface area (Å²) in [6, 6.07) is 14.3. The molecule has 2 N–H and O–H groups in total. The Morgan fingerprint density at radius 1 is 1.00 bits per heavy atom. The highest BCUT2D eigenvalue weighted by molar-refractivity contribution is 5.95. The molecule has 1 aliphatic rings. The second-order valence-corrected chi connectivity index (χ2v) is 6.42. The third-order valence-electron chi connectivity index (χ3n) is 4.60. The number of nitrogens with one attached hydrogen (secondary N) is 1. The standard InChI is InChI=1S/C20H22N2O3/c1-14(23)21-18-6-2-17(3-7-18)20(25)22-12-10-16(11-13-22)15-4-8-19(24)9-5-15/h2-9,16,24H,10-13H2,1H3,(H,21,23). The van der Waals surface area contributed by atoms with E-state index < -0.39 is 0 Å². The van der Waals surface area contributed by atoms with Crippen molar-refractivity contribution in [3.63, 3.8) is 0 Å². The number of phenols is 1. The lowest BCUT2D eigenvalue weighted by Gasteiger charge is -2.32. The minimum absolute atomic E-state index is 0.0264. The van der Waals surface area contributed by atoms with Crippen LogP contribution < -0.4 is 5.32 Å². The molecule has 0 radical (unpaired) electrons. The van der Waals surface area contributed by atoms with Crippen LogP contribution in [0.3, 0.4) is 0 Å². The molecular weight excluding hydrogens is 316 g/mol. The quantitative estimate of drug-likeness (QED) is 0.901. The molecule has 2 aromatic carbocycles. The summed E-state index contributed by atoms with van der Waals surface area (Å²) in [5.74, 6) is 0.597. The number of likely N-dealkylation sites (tertiary alicyclic amines) is 1. The highest BCUT2D eigenvalue weighted by Crippen LogP contribution is 2.29. The van der Waals surface area contributed by atoms with Crippen LogP contribution in [0.2, 0.25) is 0 Å². The van der Waals surface area contributed by atoms with Crippen molar-refractivity contribution in [3.8, 4) is 5.75 Å². The molecule has 5 nitrogen and oxygen atoms in total. The van der Waals surface area contributed by atoms with Crippen molar-refractivity contribution in [1.29, 1.82) is 0 Å². The van der Waals surface area contributed by atoms with Crippen molar-refractivity contribution in [1.82, 2.24) is 4.90 Å². The summed E-state index contributed by atoms with van der Waals surface area (Å²) >= 11 is 0. The van der Waals surface area contributed by atoms with Gasteiger partial charge in [0.15, 0.2) is 0 Å². The fraction of sp³-hybridized carbons (Fsp3) is 0.300. The van der Waals surface area contributed by atoms with Crippen molar-refractivity contribution >= 4 is 17.5 Å². The van der Waals surface area contributed by atoms with Crippen LogP contribution in [0.1, 0.15) is 41.6 Å². The maximum Gasteiger partial charge on any atom is 0.253 e. The van der Waals surface area contributed by atoms with Crippen molar-refractivity contribution in [2.24, 2.45) is 0 Å². The first-order valence-electron chi connectivity index (χ1n) is 8.49. The Labute approximate surface area is 147 Å². The molecule has 0 unspecified atom stereocenters. The number of hydrogen-bond acceptors (Lipinski definition) is 3. The number of benzene rings is 2. The van der Waals surface area contributed by atoms with Gasteiger partial charge in [-0.15, -0.1) is 0 Å². The average molecular weight is 338 g/mol. The van der Waals surface area contributed by atoms with E-state index in [2.05, 4.69) is 5.32 Å². The Balaban J connectivity index is 1.59. The lowest BCUT2D eigenvalue weighted by Crippen LogP contribution is -2.37. The van der Waals surface area contributed by atoms with Crippen molar-refractivity contribution in [2.45, 2.75) is 25.7 Å². The SMILES string of the molecule is CC(=O)Nc1ccc(C(=O)N2CCC(c3ccc(O)cc3)CC2)cc1. The minimum atomic E-state index is -0.129. The molecule has 0 aromatic heterocycles. The average Bonchev–Trinajstić information content (AvgIpc) is 2.62. The van der Waals surface area contributed by atoms with E-state index in [9.17, 15) is 14.7 Å². The van der Waals surface area contributed by atoms with Gasteiger partial charge in [0.2, 0.25) is 5.91 Å². The van der Waals surface area contributed by atoms with Crippen molar-refractivity contribution in [2.75, 3.05) is 18.4 Å². The van der Waals surface area contributed by atoms with E-state index >= 15 is 0 Å². The molecule has 25 heavy (non-hydrogen) atoms. The number of piperidine rings is 1. The van der Waals surface area contributed by atoms with Crippen LogP contribution in [0, 0.1) is 0 Å². The number of amides is 2. The van der Waals surface area contributed by atoms with Gasteiger partial charge in [0, 0.05) is 31.3 Å². The second-order valence-electron chi connectivity index (χ2n) is 6.42. The van der Waals surface area contributed by atoms with Crippen LogP contribution in [0.5, 0.6) is 5.75 Å². The van der Waals surface area contributed by atoms with E-state index in [1.165, 1.54) is 12.5 Å². The molecule has 2 aromatic rings. The minimum Gasteiger partial charge on any atom is -0.508 e. The predicted octanol–water partition coefficient (Wildman–Crippen LogP) is 3.37. The van der Waals surface area contributed by atoms with E-state index in [1.54, 1.807) is 36.4 Å². The third kappa shape index (κ3) is 4.18. The maximum atomic E-state index is 12.6. The second kappa shape index (κ2) is 7.38.